The number of nitrogens with two attached hydrogens (primary N) is 1. The fourth-order valence-electron chi connectivity index (χ4n) is 2.40. The van der Waals surface area contributed by atoms with Crippen LogP contribution in [0, 0.1) is 6.92 Å². The van der Waals surface area contributed by atoms with Crippen molar-refractivity contribution in [3.05, 3.63) is 54.6 Å². The lowest BCUT2D eigenvalue weighted by Crippen LogP contribution is -2.24. The summed E-state index contributed by atoms with van der Waals surface area (Å²) in [5, 5.41) is 0. The minimum atomic E-state index is -0.509. The molecular formula is C17H17N3O2. The van der Waals surface area contributed by atoms with Gasteiger partial charge in [0.05, 0.1) is 12.0 Å². The van der Waals surface area contributed by atoms with E-state index in [4.69, 9.17) is 10.2 Å². The number of hydrogen-bond acceptors (Lipinski definition) is 3. The van der Waals surface area contributed by atoms with E-state index in [0.717, 1.165) is 22.7 Å². The lowest BCUT2D eigenvalue weighted by molar-refractivity contribution is -0.120. The van der Waals surface area contributed by atoms with E-state index in [2.05, 4.69) is 4.98 Å². The van der Waals surface area contributed by atoms with Crippen molar-refractivity contribution in [1.29, 1.82) is 0 Å². The number of aryl methyl sites for hydroxylation is 1. The molecule has 2 N–H and O–H groups in total. The second-order valence-electron chi connectivity index (χ2n) is 5.20. The van der Waals surface area contributed by atoms with Gasteiger partial charge >= 0.3 is 0 Å². The van der Waals surface area contributed by atoms with E-state index in [0.29, 0.717) is 5.76 Å². The topological polar surface area (TPSA) is 74.1 Å². The SMILES string of the molecule is Cc1ccc(-c2c(-c3ccccc3)ncn2[C@H](C)C(N)=O)o1. The summed E-state index contributed by atoms with van der Waals surface area (Å²) in [6, 6.07) is 13.0. The van der Waals surface area contributed by atoms with Crippen molar-refractivity contribution in [2.75, 3.05) is 0 Å². The van der Waals surface area contributed by atoms with Gasteiger partial charge in [-0.05, 0) is 26.0 Å². The number of aromatic nitrogens is 2. The molecule has 0 aliphatic rings. The van der Waals surface area contributed by atoms with Gasteiger partial charge < -0.3 is 14.7 Å². The van der Waals surface area contributed by atoms with Gasteiger partial charge in [-0.3, -0.25) is 4.79 Å². The van der Waals surface area contributed by atoms with Crippen molar-refractivity contribution >= 4 is 5.91 Å². The largest absolute Gasteiger partial charge is 0.460 e. The predicted octanol–water partition coefficient (Wildman–Crippen LogP) is 3.16. The molecule has 0 radical (unpaired) electrons. The Morgan fingerprint density at radius 1 is 1.23 bits per heavy atom. The molecule has 0 spiro atoms. The Hall–Kier alpha value is -2.82. The highest BCUT2D eigenvalue weighted by molar-refractivity contribution is 5.81. The van der Waals surface area contributed by atoms with Gasteiger partial charge in [-0.1, -0.05) is 30.3 Å². The highest BCUT2D eigenvalue weighted by Gasteiger charge is 2.22. The Kier molecular flexibility index (Phi) is 3.55. The first-order chi connectivity index (χ1) is 10.6. The van der Waals surface area contributed by atoms with Gasteiger partial charge in [0, 0.05) is 5.56 Å². The number of imidazole rings is 1. The van der Waals surface area contributed by atoms with Crippen LogP contribution in [0.1, 0.15) is 18.7 Å². The Bertz CT molecular complexity index is 802. The molecule has 1 amide bonds. The van der Waals surface area contributed by atoms with Crippen LogP contribution in [-0.4, -0.2) is 15.5 Å². The third kappa shape index (κ3) is 2.41. The van der Waals surface area contributed by atoms with E-state index in [1.54, 1.807) is 17.8 Å². The van der Waals surface area contributed by atoms with Gasteiger partial charge in [-0.15, -0.1) is 0 Å². The third-order valence-electron chi connectivity index (χ3n) is 3.64. The van der Waals surface area contributed by atoms with Crippen molar-refractivity contribution in [3.8, 4) is 22.7 Å². The second-order valence-corrected chi connectivity index (χ2v) is 5.20. The molecule has 112 valence electrons. The van der Waals surface area contributed by atoms with Crippen molar-refractivity contribution in [1.82, 2.24) is 9.55 Å². The first-order valence-electron chi connectivity index (χ1n) is 7.06. The molecule has 2 heterocycles. The summed E-state index contributed by atoms with van der Waals surface area (Å²) in [5.41, 5.74) is 7.93. The minimum Gasteiger partial charge on any atom is -0.460 e. The van der Waals surface area contributed by atoms with Crippen LogP contribution in [-0.2, 0) is 4.79 Å². The van der Waals surface area contributed by atoms with E-state index in [-0.39, 0.29) is 0 Å². The minimum absolute atomic E-state index is 0.415. The molecule has 22 heavy (non-hydrogen) atoms. The molecule has 3 rings (SSSR count). The number of furan rings is 1. The molecule has 3 aromatic rings. The van der Waals surface area contributed by atoms with Crippen molar-refractivity contribution in [3.63, 3.8) is 0 Å². The summed E-state index contributed by atoms with van der Waals surface area (Å²) in [6.45, 7) is 3.63. The Balaban J connectivity index is 2.22. The maximum absolute atomic E-state index is 11.6. The molecule has 5 nitrogen and oxygen atoms in total. The molecule has 0 bridgehead atoms. The zero-order valence-corrected chi connectivity index (χ0v) is 12.5. The van der Waals surface area contributed by atoms with Crippen LogP contribution in [0.25, 0.3) is 22.7 Å². The summed E-state index contributed by atoms with van der Waals surface area (Å²) in [7, 11) is 0. The van der Waals surface area contributed by atoms with Crippen molar-refractivity contribution in [2.24, 2.45) is 5.73 Å². The average Bonchev–Trinajstić information content (AvgIpc) is 3.13. The van der Waals surface area contributed by atoms with E-state index >= 15 is 0 Å². The monoisotopic (exact) mass is 295 g/mol. The van der Waals surface area contributed by atoms with Crippen molar-refractivity contribution in [2.45, 2.75) is 19.9 Å². The molecule has 2 aromatic heterocycles. The number of carbonyl (C=O) groups is 1. The van der Waals surface area contributed by atoms with Gasteiger partial charge in [0.1, 0.15) is 17.5 Å². The van der Waals surface area contributed by atoms with Crippen molar-refractivity contribution < 1.29 is 9.21 Å². The molecule has 0 saturated heterocycles. The molecule has 0 unspecified atom stereocenters. The molecule has 0 aliphatic carbocycles. The average molecular weight is 295 g/mol. The first-order valence-corrected chi connectivity index (χ1v) is 7.06. The maximum atomic E-state index is 11.6. The molecule has 0 aliphatic heterocycles. The van der Waals surface area contributed by atoms with Gasteiger partial charge in [-0.2, -0.15) is 0 Å². The van der Waals surface area contributed by atoms with E-state index < -0.39 is 11.9 Å². The van der Waals surface area contributed by atoms with Crippen LogP contribution in [0.15, 0.2) is 53.2 Å². The summed E-state index contributed by atoms with van der Waals surface area (Å²) in [5.74, 6) is 1.05. The van der Waals surface area contributed by atoms with Gasteiger partial charge in [0.15, 0.2) is 5.76 Å². The summed E-state index contributed by atoms with van der Waals surface area (Å²) in [6.07, 6.45) is 1.63. The first kappa shape index (κ1) is 14.1. The van der Waals surface area contributed by atoms with Gasteiger partial charge in [0.2, 0.25) is 5.91 Å². The second kappa shape index (κ2) is 5.52. The van der Waals surface area contributed by atoms with E-state index in [9.17, 15) is 4.79 Å². The molecule has 1 atom stereocenters. The number of amides is 1. The van der Waals surface area contributed by atoms with Crippen LogP contribution in [0.3, 0.4) is 0 Å². The van der Waals surface area contributed by atoms with E-state index in [1.807, 2.05) is 49.4 Å². The lowest BCUT2D eigenvalue weighted by atomic mass is 10.1. The van der Waals surface area contributed by atoms with E-state index in [1.165, 1.54) is 0 Å². The standard InChI is InChI=1S/C17H17N3O2/c1-11-8-9-14(22-11)16-15(13-6-4-3-5-7-13)19-10-20(16)12(2)17(18)21/h3-10,12H,1-2H3,(H2,18,21)/t12-/m1/s1. The third-order valence-corrected chi connectivity index (χ3v) is 3.64. The fourth-order valence-corrected chi connectivity index (χ4v) is 2.40. The number of primary amides is 1. The maximum Gasteiger partial charge on any atom is 0.240 e. The molecule has 5 heteroatoms. The molecule has 0 saturated carbocycles. The number of benzene rings is 1. The highest BCUT2D eigenvalue weighted by Crippen LogP contribution is 2.34. The van der Waals surface area contributed by atoms with Gasteiger partial charge in [-0.25, -0.2) is 4.98 Å². The summed E-state index contributed by atoms with van der Waals surface area (Å²) >= 11 is 0. The number of nitrogens with zero attached hydrogens (tertiary/aromatic N) is 2. The van der Waals surface area contributed by atoms with Crippen LogP contribution in [0.5, 0.6) is 0 Å². The quantitative estimate of drug-likeness (QED) is 0.803. The Labute approximate surface area is 128 Å². The van der Waals surface area contributed by atoms with Crippen LogP contribution in [0.2, 0.25) is 0 Å². The van der Waals surface area contributed by atoms with Crippen LogP contribution in [0.4, 0.5) is 0 Å². The zero-order valence-electron chi connectivity index (χ0n) is 12.5. The predicted molar refractivity (Wildman–Crippen MR) is 84.0 cm³/mol. The zero-order chi connectivity index (χ0) is 15.7. The Morgan fingerprint density at radius 2 is 1.95 bits per heavy atom. The number of carbonyl (C=O) groups excluding carboxylic acids is 1. The normalized spacial score (nSPS) is 12.3. The number of rotatable bonds is 4. The number of hydrogen-bond donors (Lipinski definition) is 1. The summed E-state index contributed by atoms with van der Waals surface area (Å²) in [4.78, 5) is 16.0. The molecule has 1 aromatic carbocycles. The molecule has 0 fully saturated rings. The van der Waals surface area contributed by atoms with Crippen LogP contribution >= 0.6 is 0 Å². The lowest BCUT2D eigenvalue weighted by Gasteiger charge is -2.13. The smallest absolute Gasteiger partial charge is 0.240 e. The fraction of sp³-hybridized carbons (Fsp3) is 0.176. The highest BCUT2D eigenvalue weighted by atomic mass is 16.3. The van der Waals surface area contributed by atoms with Crippen LogP contribution < -0.4 is 5.73 Å². The Morgan fingerprint density at radius 3 is 2.55 bits per heavy atom. The molecular weight excluding hydrogens is 278 g/mol. The summed E-state index contributed by atoms with van der Waals surface area (Å²) < 4.78 is 7.50. The van der Waals surface area contributed by atoms with Gasteiger partial charge in [0.25, 0.3) is 0 Å².